The average molecular weight is 197 g/mol. The molecule has 0 atom stereocenters. The lowest BCUT2D eigenvalue weighted by molar-refractivity contribution is 0.628. The molecular weight excluding hydrogens is 185 g/mol. The summed E-state index contributed by atoms with van der Waals surface area (Å²) in [5.41, 5.74) is 6.72. The molecule has 2 N–H and O–H groups in total. The topological polar surface area (TPSA) is 26.0 Å². The first-order valence-corrected chi connectivity index (χ1v) is 4.69. The van der Waals surface area contributed by atoms with E-state index < -0.39 is 0 Å². The monoisotopic (exact) mass is 197 g/mol. The number of thiol groups is 1. The molecule has 1 aromatic rings. The summed E-state index contributed by atoms with van der Waals surface area (Å²) in [6.45, 7) is 0. The van der Waals surface area contributed by atoms with Crippen LogP contribution in [0.15, 0.2) is 24.3 Å². The summed E-state index contributed by atoms with van der Waals surface area (Å²) >= 11 is 4.06. The SMILES string of the molecule is Nc1cc(F)cc(C=CCCS)c1. The maximum Gasteiger partial charge on any atom is 0.125 e. The second-order valence-corrected chi connectivity index (χ2v) is 3.18. The number of benzene rings is 1. The number of halogens is 1. The van der Waals surface area contributed by atoms with Crippen LogP contribution >= 0.6 is 12.6 Å². The van der Waals surface area contributed by atoms with Crippen LogP contribution in [0.25, 0.3) is 6.08 Å². The Morgan fingerprint density at radius 2 is 2.15 bits per heavy atom. The standard InChI is InChI=1S/C10H12FNS/c11-9-5-8(3-1-2-4-13)6-10(12)7-9/h1,3,5-7,13H,2,4,12H2. The molecule has 0 fully saturated rings. The van der Waals surface area contributed by atoms with Gasteiger partial charge < -0.3 is 5.73 Å². The van der Waals surface area contributed by atoms with E-state index in [1.165, 1.54) is 12.1 Å². The van der Waals surface area contributed by atoms with Gasteiger partial charge in [0, 0.05) is 5.69 Å². The van der Waals surface area contributed by atoms with Crippen LogP contribution in [0.3, 0.4) is 0 Å². The van der Waals surface area contributed by atoms with Gasteiger partial charge in [0.25, 0.3) is 0 Å². The predicted octanol–water partition coefficient (Wildman–Crippen LogP) is 2.74. The molecule has 1 nitrogen and oxygen atoms in total. The first-order valence-electron chi connectivity index (χ1n) is 4.06. The molecule has 0 aliphatic heterocycles. The predicted molar refractivity (Wildman–Crippen MR) is 58.3 cm³/mol. The summed E-state index contributed by atoms with van der Waals surface area (Å²) in [6.07, 6.45) is 4.66. The quantitative estimate of drug-likeness (QED) is 0.565. The third-order valence-electron chi connectivity index (χ3n) is 1.55. The molecule has 0 unspecified atom stereocenters. The zero-order chi connectivity index (χ0) is 9.68. The van der Waals surface area contributed by atoms with Gasteiger partial charge >= 0.3 is 0 Å². The summed E-state index contributed by atoms with van der Waals surface area (Å²) in [7, 11) is 0. The molecule has 0 aromatic heterocycles. The van der Waals surface area contributed by atoms with Crippen LogP contribution in [0.5, 0.6) is 0 Å². The van der Waals surface area contributed by atoms with Crippen molar-refractivity contribution >= 4 is 24.4 Å². The van der Waals surface area contributed by atoms with Crippen molar-refractivity contribution in [3.8, 4) is 0 Å². The highest BCUT2D eigenvalue weighted by atomic mass is 32.1. The molecule has 70 valence electrons. The second-order valence-electron chi connectivity index (χ2n) is 2.73. The van der Waals surface area contributed by atoms with Crippen molar-refractivity contribution in [2.75, 3.05) is 11.5 Å². The second kappa shape index (κ2) is 4.92. The van der Waals surface area contributed by atoms with Crippen LogP contribution in [-0.4, -0.2) is 5.75 Å². The molecule has 1 aromatic carbocycles. The van der Waals surface area contributed by atoms with E-state index in [2.05, 4.69) is 12.6 Å². The normalized spacial score (nSPS) is 10.9. The molecule has 0 saturated carbocycles. The van der Waals surface area contributed by atoms with Crippen molar-refractivity contribution in [2.45, 2.75) is 6.42 Å². The van der Waals surface area contributed by atoms with Crippen LogP contribution in [-0.2, 0) is 0 Å². The fraction of sp³-hybridized carbons (Fsp3) is 0.200. The number of allylic oxidation sites excluding steroid dienone is 1. The van der Waals surface area contributed by atoms with Gasteiger partial charge in [-0.15, -0.1) is 0 Å². The van der Waals surface area contributed by atoms with Crippen LogP contribution < -0.4 is 5.73 Å². The number of anilines is 1. The van der Waals surface area contributed by atoms with Crippen molar-refractivity contribution in [3.63, 3.8) is 0 Å². The number of nitrogens with two attached hydrogens (primary N) is 1. The fourth-order valence-electron chi connectivity index (χ4n) is 1.03. The summed E-state index contributed by atoms with van der Waals surface area (Å²) in [5.74, 6) is 0.493. The number of nitrogen functional groups attached to an aromatic ring is 1. The lowest BCUT2D eigenvalue weighted by atomic mass is 10.2. The van der Waals surface area contributed by atoms with Gasteiger partial charge in [0.15, 0.2) is 0 Å². The van der Waals surface area contributed by atoms with Gasteiger partial charge in [-0.1, -0.05) is 12.2 Å². The zero-order valence-corrected chi connectivity index (χ0v) is 8.10. The van der Waals surface area contributed by atoms with E-state index in [1.807, 2.05) is 12.2 Å². The molecule has 0 radical (unpaired) electrons. The van der Waals surface area contributed by atoms with Crippen molar-refractivity contribution in [3.05, 3.63) is 35.7 Å². The van der Waals surface area contributed by atoms with E-state index in [-0.39, 0.29) is 5.82 Å². The lowest BCUT2D eigenvalue weighted by Crippen LogP contribution is -1.87. The number of hydrogen-bond acceptors (Lipinski definition) is 2. The van der Waals surface area contributed by atoms with Gasteiger partial charge in [-0.05, 0) is 35.9 Å². The van der Waals surface area contributed by atoms with Crippen molar-refractivity contribution < 1.29 is 4.39 Å². The molecule has 0 saturated heterocycles. The summed E-state index contributed by atoms with van der Waals surface area (Å²) < 4.78 is 12.8. The van der Waals surface area contributed by atoms with Gasteiger partial charge in [0.1, 0.15) is 5.82 Å². The summed E-state index contributed by atoms with van der Waals surface area (Å²) in [5, 5.41) is 0. The maximum atomic E-state index is 12.8. The molecule has 0 aliphatic rings. The highest BCUT2D eigenvalue weighted by Crippen LogP contribution is 2.12. The fourth-order valence-corrected chi connectivity index (χ4v) is 1.18. The molecule has 0 spiro atoms. The minimum absolute atomic E-state index is 0.300. The Labute approximate surface area is 82.9 Å². The van der Waals surface area contributed by atoms with Crippen LogP contribution in [0.2, 0.25) is 0 Å². The van der Waals surface area contributed by atoms with Crippen LogP contribution in [0, 0.1) is 5.82 Å². The molecule has 0 bridgehead atoms. The molecule has 0 amide bonds. The van der Waals surface area contributed by atoms with Crippen molar-refractivity contribution in [1.29, 1.82) is 0 Å². The molecular formula is C10H12FNS. The lowest BCUT2D eigenvalue weighted by Gasteiger charge is -1.97. The van der Waals surface area contributed by atoms with Gasteiger partial charge in [0.05, 0.1) is 0 Å². The van der Waals surface area contributed by atoms with E-state index in [0.29, 0.717) is 5.69 Å². The molecule has 3 heteroatoms. The molecule has 1 rings (SSSR count). The minimum Gasteiger partial charge on any atom is -0.399 e. The third-order valence-corrected chi connectivity index (χ3v) is 1.81. The van der Waals surface area contributed by atoms with Crippen molar-refractivity contribution in [1.82, 2.24) is 0 Å². The minimum atomic E-state index is -0.300. The van der Waals surface area contributed by atoms with Crippen LogP contribution in [0.4, 0.5) is 10.1 Å². The smallest absolute Gasteiger partial charge is 0.125 e. The average Bonchev–Trinajstić information content (AvgIpc) is 2.03. The highest BCUT2D eigenvalue weighted by Gasteiger charge is 1.94. The zero-order valence-electron chi connectivity index (χ0n) is 7.20. The van der Waals surface area contributed by atoms with E-state index in [1.54, 1.807) is 6.07 Å². The highest BCUT2D eigenvalue weighted by molar-refractivity contribution is 7.80. The van der Waals surface area contributed by atoms with E-state index in [4.69, 9.17) is 5.73 Å². The first kappa shape index (κ1) is 10.1. The largest absolute Gasteiger partial charge is 0.399 e. The van der Waals surface area contributed by atoms with E-state index >= 15 is 0 Å². The summed E-state index contributed by atoms with van der Waals surface area (Å²) in [4.78, 5) is 0. The molecule has 0 heterocycles. The van der Waals surface area contributed by atoms with Gasteiger partial charge in [-0.3, -0.25) is 0 Å². The maximum absolute atomic E-state index is 12.8. The number of rotatable bonds is 3. The van der Waals surface area contributed by atoms with E-state index in [9.17, 15) is 4.39 Å². The summed E-state index contributed by atoms with van der Waals surface area (Å²) in [6, 6.07) is 4.49. The first-order chi connectivity index (χ1) is 6.22. The Kier molecular flexibility index (Phi) is 3.83. The molecule has 13 heavy (non-hydrogen) atoms. The van der Waals surface area contributed by atoms with Gasteiger partial charge in [0.2, 0.25) is 0 Å². The Hall–Kier alpha value is -0.960. The number of hydrogen-bond donors (Lipinski definition) is 2. The van der Waals surface area contributed by atoms with Crippen LogP contribution in [0.1, 0.15) is 12.0 Å². The van der Waals surface area contributed by atoms with Gasteiger partial charge in [-0.2, -0.15) is 12.6 Å². The van der Waals surface area contributed by atoms with E-state index in [0.717, 1.165) is 17.7 Å². The Morgan fingerprint density at radius 3 is 2.77 bits per heavy atom. The van der Waals surface area contributed by atoms with Gasteiger partial charge in [-0.25, -0.2) is 4.39 Å². The Bertz CT molecular complexity index is 290. The third kappa shape index (κ3) is 3.51. The Morgan fingerprint density at radius 1 is 1.38 bits per heavy atom. The molecule has 0 aliphatic carbocycles. The Balaban J connectivity index is 2.77. The van der Waals surface area contributed by atoms with Crippen molar-refractivity contribution in [2.24, 2.45) is 0 Å².